The van der Waals surface area contributed by atoms with E-state index in [0.29, 0.717) is 11.3 Å². The van der Waals surface area contributed by atoms with Crippen LogP contribution < -0.4 is 10.1 Å². The molecule has 2 aromatic carbocycles. The normalized spacial score (nSPS) is 10.3. The quantitative estimate of drug-likeness (QED) is 0.916. The maximum Gasteiger partial charge on any atom is 0.259 e. The maximum absolute atomic E-state index is 12.6. The van der Waals surface area contributed by atoms with Crippen molar-refractivity contribution in [1.29, 1.82) is 0 Å². The summed E-state index contributed by atoms with van der Waals surface area (Å²) in [6, 6.07) is 11.6. The Labute approximate surface area is 126 Å². The fourth-order valence-corrected chi connectivity index (χ4v) is 2.49. The molecule has 0 bridgehead atoms. The second kappa shape index (κ2) is 6.44. The minimum Gasteiger partial charge on any atom is -0.496 e. The summed E-state index contributed by atoms with van der Waals surface area (Å²) in [5, 5.41) is 3.03. The Morgan fingerprint density at radius 3 is 2.43 bits per heavy atom. The molecule has 0 aliphatic heterocycles. The number of carbonyl (C=O) groups excluding carboxylic acids is 1. The largest absolute Gasteiger partial charge is 0.496 e. The summed E-state index contributed by atoms with van der Waals surface area (Å²) in [5.74, 6) is 0.487. The molecule has 0 aromatic heterocycles. The van der Waals surface area contributed by atoms with Crippen LogP contribution in [0.2, 0.25) is 0 Å². The highest BCUT2D eigenvalue weighted by Gasteiger charge is 2.16. The molecule has 0 heterocycles. The monoisotopic (exact) mass is 283 g/mol. The van der Waals surface area contributed by atoms with E-state index < -0.39 is 0 Å². The molecule has 110 valence electrons. The van der Waals surface area contributed by atoms with E-state index in [4.69, 9.17) is 4.74 Å². The van der Waals surface area contributed by atoms with Crippen LogP contribution >= 0.6 is 0 Å². The summed E-state index contributed by atoms with van der Waals surface area (Å²) in [6.45, 7) is 6.01. The lowest BCUT2D eigenvalue weighted by molar-refractivity contribution is 0.102. The molecule has 0 fully saturated rings. The standard InChI is InChI=1S/C18H21NO2/c1-5-14-10-6-8-12(2)16(14)19-18(20)15-11-7-9-13(3)17(15)21-4/h6-11H,5H2,1-4H3,(H,19,20). The van der Waals surface area contributed by atoms with Crippen LogP contribution in [0.3, 0.4) is 0 Å². The van der Waals surface area contributed by atoms with Gasteiger partial charge >= 0.3 is 0 Å². The van der Waals surface area contributed by atoms with Crippen molar-refractivity contribution < 1.29 is 9.53 Å². The number of rotatable bonds is 4. The van der Waals surface area contributed by atoms with Crippen molar-refractivity contribution in [1.82, 2.24) is 0 Å². The minimum absolute atomic E-state index is 0.139. The number of para-hydroxylation sites is 2. The van der Waals surface area contributed by atoms with E-state index in [2.05, 4.69) is 12.2 Å². The molecule has 2 aromatic rings. The first kappa shape index (κ1) is 15.1. The highest BCUT2D eigenvalue weighted by molar-refractivity contribution is 6.07. The van der Waals surface area contributed by atoms with Crippen molar-refractivity contribution in [3.8, 4) is 5.75 Å². The van der Waals surface area contributed by atoms with Gasteiger partial charge in [-0.3, -0.25) is 4.79 Å². The van der Waals surface area contributed by atoms with Gasteiger partial charge in [0.05, 0.1) is 12.7 Å². The summed E-state index contributed by atoms with van der Waals surface area (Å²) in [4.78, 5) is 12.6. The molecular formula is C18H21NO2. The molecule has 0 aliphatic carbocycles. The molecule has 1 N–H and O–H groups in total. The first-order valence-corrected chi connectivity index (χ1v) is 7.12. The number of nitrogens with one attached hydrogen (secondary N) is 1. The number of benzene rings is 2. The Bertz CT molecular complexity index is 662. The third-order valence-corrected chi connectivity index (χ3v) is 3.64. The average Bonchev–Trinajstić information content (AvgIpc) is 2.48. The lowest BCUT2D eigenvalue weighted by atomic mass is 10.0. The lowest BCUT2D eigenvalue weighted by Crippen LogP contribution is -2.15. The van der Waals surface area contributed by atoms with Crippen molar-refractivity contribution in [2.75, 3.05) is 12.4 Å². The highest BCUT2D eigenvalue weighted by Crippen LogP contribution is 2.26. The van der Waals surface area contributed by atoms with Gasteiger partial charge in [0, 0.05) is 5.69 Å². The molecule has 2 rings (SSSR count). The molecule has 0 radical (unpaired) electrons. The molecule has 21 heavy (non-hydrogen) atoms. The number of anilines is 1. The van der Waals surface area contributed by atoms with Crippen LogP contribution in [0.15, 0.2) is 36.4 Å². The van der Waals surface area contributed by atoms with E-state index in [1.165, 1.54) is 0 Å². The van der Waals surface area contributed by atoms with Gasteiger partial charge in [0.2, 0.25) is 0 Å². The Morgan fingerprint density at radius 1 is 1.10 bits per heavy atom. The smallest absolute Gasteiger partial charge is 0.259 e. The number of methoxy groups -OCH3 is 1. The second-order valence-electron chi connectivity index (χ2n) is 5.07. The Balaban J connectivity index is 2.38. The first-order valence-electron chi connectivity index (χ1n) is 7.12. The number of aryl methyl sites for hydroxylation is 3. The zero-order valence-corrected chi connectivity index (χ0v) is 13.0. The van der Waals surface area contributed by atoms with Gasteiger partial charge in [0.15, 0.2) is 0 Å². The average molecular weight is 283 g/mol. The fraction of sp³-hybridized carbons (Fsp3) is 0.278. The predicted molar refractivity (Wildman–Crippen MR) is 86.2 cm³/mol. The van der Waals surface area contributed by atoms with Gasteiger partial charge in [-0.15, -0.1) is 0 Å². The molecule has 3 nitrogen and oxygen atoms in total. The summed E-state index contributed by atoms with van der Waals surface area (Å²) >= 11 is 0. The van der Waals surface area contributed by atoms with Crippen LogP contribution in [0, 0.1) is 13.8 Å². The SMILES string of the molecule is CCc1cccc(C)c1NC(=O)c1cccc(C)c1OC. The van der Waals surface area contributed by atoms with E-state index in [9.17, 15) is 4.79 Å². The van der Waals surface area contributed by atoms with E-state index in [1.807, 2.05) is 44.2 Å². The lowest BCUT2D eigenvalue weighted by Gasteiger charge is -2.15. The topological polar surface area (TPSA) is 38.3 Å². The molecule has 0 aliphatic rings. The van der Waals surface area contributed by atoms with Crippen LogP contribution in [0.25, 0.3) is 0 Å². The van der Waals surface area contributed by atoms with Crippen molar-refractivity contribution in [2.24, 2.45) is 0 Å². The minimum atomic E-state index is -0.139. The first-order chi connectivity index (χ1) is 10.1. The van der Waals surface area contributed by atoms with Crippen LogP contribution in [0.4, 0.5) is 5.69 Å². The maximum atomic E-state index is 12.6. The van der Waals surface area contributed by atoms with Crippen molar-refractivity contribution in [3.05, 3.63) is 58.7 Å². The molecule has 0 saturated heterocycles. The van der Waals surface area contributed by atoms with Gasteiger partial charge in [0.25, 0.3) is 5.91 Å². The van der Waals surface area contributed by atoms with Gasteiger partial charge in [0.1, 0.15) is 5.75 Å². The van der Waals surface area contributed by atoms with Gasteiger partial charge in [-0.2, -0.15) is 0 Å². The summed E-state index contributed by atoms with van der Waals surface area (Å²) in [6.07, 6.45) is 0.877. The van der Waals surface area contributed by atoms with Crippen molar-refractivity contribution in [3.63, 3.8) is 0 Å². The highest BCUT2D eigenvalue weighted by atomic mass is 16.5. The number of hydrogen-bond acceptors (Lipinski definition) is 2. The number of ether oxygens (including phenoxy) is 1. The summed E-state index contributed by atoms with van der Waals surface area (Å²) in [5.41, 5.74) is 4.60. The van der Waals surface area contributed by atoms with E-state index in [-0.39, 0.29) is 5.91 Å². The zero-order valence-electron chi connectivity index (χ0n) is 13.0. The van der Waals surface area contributed by atoms with Gasteiger partial charge in [-0.1, -0.05) is 37.3 Å². The second-order valence-corrected chi connectivity index (χ2v) is 5.07. The molecular weight excluding hydrogens is 262 g/mol. The van der Waals surface area contributed by atoms with E-state index >= 15 is 0 Å². The molecule has 0 unspecified atom stereocenters. The van der Waals surface area contributed by atoms with Gasteiger partial charge in [-0.25, -0.2) is 0 Å². The Hall–Kier alpha value is -2.29. The fourth-order valence-electron chi connectivity index (χ4n) is 2.49. The van der Waals surface area contributed by atoms with Crippen LogP contribution in [0.5, 0.6) is 5.75 Å². The number of carbonyl (C=O) groups is 1. The Morgan fingerprint density at radius 2 is 1.76 bits per heavy atom. The van der Waals surface area contributed by atoms with Crippen molar-refractivity contribution >= 4 is 11.6 Å². The Kier molecular flexibility index (Phi) is 4.63. The molecule has 0 atom stereocenters. The third-order valence-electron chi connectivity index (χ3n) is 3.64. The van der Waals surface area contributed by atoms with Crippen LogP contribution in [-0.4, -0.2) is 13.0 Å². The van der Waals surface area contributed by atoms with Crippen molar-refractivity contribution in [2.45, 2.75) is 27.2 Å². The molecule has 1 amide bonds. The molecule has 3 heteroatoms. The number of amides is 1. The third kappa shape index (κ3) is 3.07. The zero-order chi connectivity index (χ0) is 15.4. The van der Waals surface area contributed by atoms with Crippen LogP contribution in [0.1, 0.15) is 34.0 Å². The summed E-state index contributed by atoms with van der Waals surface area (Å²) < 4.78 is 5.36. The predicted octanol–water partition coefficient (Wildman–Crippen LogP) is 4.13. The summed E-state index contributed by atoms with van der Waals surface area (Å²) in [7, 11) is 1.59. The van der Waals surface area contributed by atoms with E-state index in [1.54, 1.807) is 13.2 Å². The number of hydrogen-bond donors (Lipinski definition) is 1. The van der Waals surface area contributed by atoms with Gasteiger partial charge < -0.3 is 10.1 Å². The van der Waals surface area contributed by atoms with E-state index in [0.717, 1.165) is 28.8 Å². The molecule has 0 saturated carbocycles. The van der Waals surface area contributed by atoms with Crippen LogP contribution in [-0.2, 0) is 6.42 Å². The molecule has 0 spiro atoms. The van der Waals surface area contributed by atoms with Gasteiger partial charge in [-0.05, 0) is 43.0 Å².